The molecule has 0 saturated carbocycles. The number of hydrogen-bond acceptors (Lipinski definition) is 3. The van der Waals surface area contributed by atoms with Crippen LogP contribution in [0.3, 0.4) is 0 Å². The summed E-state index contributed by atoms with van der Waals surface area (Å²) < 4.78 is 0. The lowest BCUT2D eigenvalue weighted by Gasteiger charge is -2.14. The van der Waals surface area contributed by atoms with Crippen LogP contribution in [-0.4, -0.2) is 11.7 Å². The molecule has 1 aromatic heterocycles. The van der Waals surface area contributed by atoms with Crippen LogP contribution in [-0.2, 0) is 4.79 Å². The Morgan fingerprint density at radius 1 is 1.17 bits per heavy atom. The maximum Gasteiger partial charge on any atom is 0.220 e. The third-order valence-electron chi connectivity index (χ3n) is 3.67. The van der Waals surface area contributed by atoms with Crippen molar-refractivity contribution in [3.05, 3.63) is 56.2 Å². The molecule has 0 fully saturated rings. The highest BCUT2D eigenvalue weighted by Gasteiger charge is 2.15. The van der Waals surface area contributed by atoms with Gasteiger partial charge in [-0.25, -0.2) is 0 Å². The van der Waals surface area contributed by atoms with Crippen LogP contribution in [0.5, 0.6) is 0 Å². The molecule has 1 unspecified atom stereocenters. The first-order chi connectivity index (χ1) is 10.9. The maximum absolute atomic E-state index is 12.2. The van der Waals surface area contributed by atoms with E-state index in [1.54, 1.807) is 23.5 Å². The predicted molar refractivity (Wildman–Crippen MR) is 95.4 cm³/mol. The summed E-state index contributed by atoms with van der Waals surface area (Å²) in [5, 5.41) is 3.58. The molecule has 1 atom stereocenters. The molecule has 0 spiro atoms. The summed E-state index contributed by atoms with van der Waals surface area (Å²) in [6.45, 7) is 5.83. The van der Waals surface area contributed by atoms with Crippen molar-refractivity contribution in [3.63, 3.8) is 0 Å². The van der Waals surface area contributed by atoms with Crippen molar-refractivity contribution in [1.29, 1.82) is 0 Å². The molecular weight excluding hydrogens is 330 g/mol. The van der Waals surface area contributed by atoms with Gasteiger partial charge in [-0.05, 0) is 44.5 Å². The smallest absolute Gasteiger partial charge is 0.220 e. The van der Waals surface area contributed by atoms with Crippen LogP contribution >= 0.6 is 22.9 Å². The van der Waals surface area contributed by atoms with E-state index in [9.17, 15) is 9.59 Å². The molecule has 0 aliphatic carbocycles. The summed E-state index contributed by atoms with van der Waals surface area (Å²) in [5.41, 5.74) is 1.73. The van der Waals surface area contributed by atoms with Gasteiger partial charge in [0.1, 0.15) is 0 Å². The summed E-state index contributed by atoms with van der Waals surface area (Å²) in [6.07, 6.45) is 0.432. The first kappa shape index (κ1) is 17.7. The highest BCUT2D eigenvalue weighted by molar-refractivity contribution is 7.12. The van der Waals surface area contributed by atoms with Gasteiger partial charge in [-0.1, -0.05) is 23.7 Å². The largest absolute Gasteiger partial charge is 0.350 e. The SMILES string of the molecule is Cc1cc(C(=O)CCC(=O)NC(C)c2ccc(Cl)cc2)c(C)s1. The van der Waals surface area contributed by atoms with E-state index in [1.165, 1.54) is 0 Å². The van der Waals surface area contributed by atoms with Gasteiger partial charge in [0.25, 0.3) is 0 Å². The fraction of sp³-hybridized carbons (Fsp3) is 0.333. The van der Waals surface area contributed by atoms with Crippen LogP contribution in [0, 0.1) is 13.8 Å². The van der Waals surface area contributed by atoms with Gasteiger partial charge in [0.15, 0.2) is 5.78 Å². The third-order valence-corrected chi connectivity index (χ3v) is 4.89. The van der Waals surface area contributed by atoms with Crippen LogP contribution < -0.4 is 5.32 Å². The van der Waals surface area contributed by atoms with E-state index in [2.05, 4.69) is 5.32 Å². The Labute approximate surface area is 145 Å². The number of halogens is 1. The number of thiophene rings is 1. The zero-order valence-electron chi connectivity index (χ0n) is 13.5. The Hall–Kier alpha value is -1.65. The minimum atomic E-state index is -0.120. The van der Waals surface area contributed by atoms with Crippen LogP contribution in [0.25, 0.3) is 0 Å². The number of nitrogens with one attached hydrogen (secondary N) is 1. The van der Waals surface area contributed by atoms with Gasteiger partial charge in [0.05, 0.1) is 6.04 Å². The second-order valence-electron chi connectivity index (χ2n) is 5.59. The summed E-state index contributed by atoms with van der Waals surface area (Å²) in [6, 6.07) is 9.15. The van der Waals surface area contributed by atoms with Crippen LogP contribution in [0.15, 0.2) is 30.3 Å². The molecule has 0 aliphatic rings. The number of carbonyl (C=O) groups is 2. The minimum absolute atomic E-state index is 0.0288. The highest BCUT2D eigenvalue weighted by atomic mass is 35.5. The molecule has 122 valence electrons. The molecule has 2 aromatic rings. The maximum atomic E-state index is 12.2. The lowest BCUT2D eigenvalue weighted by Crippen LogP contribution is -2.26. The van der Waals surface area contributed by atoms with E-state index in [0.29, 0.717) is 5.02 Å². The van der Waals surface area contributed by atoms with Gasteiger partial charge < -0.3 is 5.32 Å². The number of hydrogen-bond donors (Lipinski definition) is 1. The van der Waals surface area contributed by atoms with E-state index in [4.69, 9.17) is 11.6 Å². The summed E-state index contributed by atoms with van der Waals surface area (Å²) in [4.78, 5) is 26.4. The number of Topliss-reactive ketones (excluding diaryl/α,β-unsaturated/α-hetero) is 1. The fourth-order valence-corrected chi connectivity index (χ4v) is 3.49. The Morgan fingerprint density at radius 2 is 1.83 bits per heavy atom. The first-order valence-electron chi connectivity index (χ1n) is 7.52. The lowest BCUT2D eigenvalue weighted by molar-refractivity contribution is -0.121. The van der Waals surface area contributed by atoms with Gasteiger partial charge in [-0.3, -0.25) is 9.59 Å². The summed E-state index contributed by atoms with van der Waals surface area (Å²) in [5.74, 6) is -0.0912. The molecule has 3 nitrogen and oxygen atoms in total. The van der Waals surface area contributed by atoms with Gasteiger partial charge in [-0.2, -0.15) is 0 Å². The minimum Gasteiger partial charge on any atom is -0.350 e. The second-order valence-corrected chi connectivity index (χ2v) is 7.49. The molecule has 1 amide bonds. The topological polar surface area (TPSA) is 46.2 Å². The molecule has 5 heteroatoms. The van der Waals surface area contributed by atoms with Crippen molar-refractivity contribution in [2.24, 2.45) is 0 Å². The molecule has 1 N–H and O–H groups in total. The number of benzene rings is 1. The standard InChI is InChI=1S/C18H20ClNO2S/c1-11-10-16(13(3)23-11)17(21)8-9-18(22)20-12(2)14-4-6-15(19)7-5-14/h4-7,10,12H,8-9H2,1-3H3,(H,20,22). The van der Waals surface area contributed by atoms with Gasteiger partial charge in [-0.15, -0.1) is 11.3 Å². The number of amides is 1. The lowest BCUT2D eigenvalue weighted by atomic mass is 10.1. The molecule has 0 saturated heterocycles. The zero-order valence-corrected chi connectivity index (χ0v) is 15.1. The molecule has 23 heavy (non-hydrogen) atoms. The molecule has 0 radical (unpaired) electrons. The average molecular weight is 350 g/mol. The molecular formula is C18H20ClNO2S. The molecule has 2 rings (SSSR count). The number of aryl methyl sites for hydroxylation is 2. The van der Waals surface area contributed by atoms with Gasteiger partial charge >= 0.3 is 0 Å². The zero-order chi connectivity index (χ0) is 17.0. The Balaban J connectivity index is 1.86. The number of ketones is 1. The quantitative estimate of drug-likeness (QED) is 0.757. The summed E-state index contributed by atoms with van der Waals surface area (Å²) >= 11 is 7.46. The van der Waals surface area contributed by atoms with E-state index in [1.807, 2.05) is 39.0 Å². The van der Waals surface area contributed by atoms with Crippen molar-refractivity contribution < 1.29 is 9.59 Å². The van der Waals surface area contributed by atoms with E-state index in [-0.39, 0.29) is 30.6 Å². The van der Waals surface area contributed by atoms with E-state index in [0.717, 1.165) is 20.9 Å². The summed E-state index contributed by atoms with van der Waals surface area (Å²) in [7, 11) is 0. The van der Waals surface area contributed by atoms with Crippen molar-refractivity contribution in [2.45, 2.75) is 39.7 Å². The third kappa shape index (κ3) is 4.91. The normalized spacial score (nSPS) is 12.0. The van der Waals surface area contributed by atoms with Crippen molar-refractivity contribution in [1.82, 2.24) is 5.32 Å². The Kier molecular flexibility index (Phi) is 5.97. The van der Waals surface area contributed by atoms with Crippen LogP contribution in [0.4, 0.5) is 0 Å². The van der Waals surface area contributed by atoms with Crippen LogP contribution in [0.2, 0.25) is 5.02 Å². The first-order valence-corrected chi connectivity index (χ1v) is 8.71. The van der Waals surface area contributed by atoms with Crippen LogP contribution in [0.1, 0.15) is 51.5 Å². The highest BCUT2D eigenvalue weighted by Crippen LogP contribution is 2.22. The Morgan fingerprint density at radius 3 is 2.39 bits per heavy atom. The van der Waals surface area contributed by atoms with Gasteiger partial charge in [0.2, 0.25) is 5.91 Å². The number of rotatable bonds is 6. The van der Waals surface area contributed by atoms with E-state index >= 15 is 0 Å². The van der Waals surface area contributed by atoms with Crippen molar-refractivity contribution >= 4 is 34.6 Å². The predicted octanol–water partition coefficient (Wildman–Crippen LogP) is 4.86. The fourth-order valence-electron chi connectivity index (χ4n) is 2.42. The molecule has 0 bridgehead atoms. The average Bonchev–Trinajstić information content (AvgIpc) is 2.84. The Bertz CT molecular complexity index is 706. The second kappa shape index (κ2) is 7.75. The van der Waals surface area contributed by atoms with Crippen molar-refractivity contribution in [3.8, 4) is 0 Å². The molecule has 0 aliphatic heterocycles. The monoisotopic (exact) mass is 349 g/mol. The molecule has 1 heterocycles. The number of carbonyl (C=O) groups excluding carboxylic acids is 2. The van der Waals surface area contributed by atoms with Gasteiger partial charge in [0, 0.05) is 33.2 Å². The van der Waals surface area contributed by atoms with Crippen molar-refractivity contribution in [2.75, 3.05) is 0 Å². The van der Waals surface area contributed by atoms with E-state index < -0.39 is 0 Å². The molecule has 1 aromatic carbocycles.